The molecule has 0 bridgehead atoms. The molecule has 1 N–H and O–H groups in total. The van der Waals surface area contributed by atoms with Crippen LogP contribution in [0.25, 0.3) is 0 Å². The van der Waals surface area contributed by atoms with Crippen molar-refractivity contribution >= 4 is 46.4 Å². The van der Waals surface area contributed by atoms with Crippen LogP contribution in [0.3, 0.4) is 0 Å². The standard InChI is InChI=1S/C14H13Cl2N3O3/c1-7-12(8(2)22-18-7)19(3)14(21)13(20)17-9-4-5-10(15)11(16)6-9/h4-6H,1-3H3,(H,17,20). The number of hydrogen-bond donors (Lipinski definition) is 1. The first-order chi connectivity index (χ1) is 10.3. The number of aromatic nitrogens is 1. The molecule has 0 aliphatic rings. The molecule has 8 heteroatoms. The van der Waals surface area contributed by atoms with Crippen molar-refractivity contribution in [2.45, 2.75) is 13.8 Å². The third kappa shape index (κ3) is 3.23. The molecule has 116 valence electrons. The van der Waals surface area contributed by atoms with Gasteiger partial charge in [-0.15, -0.1) is 0 Å². The van der Waals surface area contributed by atoms with Crippen molar-refractivity contribution in [1.29, 1.82) is 0 Å². The smallest absolute Gasteiger partial charge is 0.316 e. The Morgan fingerprint density at radius 2 is 1.91 bits per heavy atom. The number of amides is 2. The quantitative estimate of drug-likeness (QED) is 0.851. The summed E-state index contributed by atoms with van der Waals surface area (Å²) in [5.41, 5.74) is 1.37. The first-order valence-electron chi connectivity index (χ1n) is 6.28. The lowest BCUT2D eigenvalue weighted by Gasteiger charge is -2.16. The van der Waals surface area contributed by atoms with E-state index < -0.39 is 11.8 Å². The first-order valence-corrected chi connectivity index (χ1v) is 7.03. The lowest BCUT2D eigenvalue weighted by Crippen LogP contribution is -2.37. The van der Waals surface area contributed by atoms with E-state index in [1.807, 2.05) is 0 Å². The van der Waals surface area contributed by atoms with Gasteiger partial charge in [-0.1, -0.05) is 28.4 Å². The maximum Gasteiger partial charge on any atom is 0.316 e. The number of nitrogens with one attached hydrogen (secondary N) is 1. The molecular weight excluding hydrogens is 329 g/mol. The molecule has 0 saturated carbocycles. The van der Waals surface area contributed by atoms with Gasteiger partial charge in [-0.2, -0.15) is 0 Å². The van der Waals surface area contributed by atoms with E-state index in [1.165, 1.54) is 24.1 Å². The summed E-state index contributed by atoms with van der Waals surface area (Å²) in [5.74, 6) is -1.10. The second kappa shape index (κ2) is 6.37. The van der Waals surface area contributed by atoms with Crippen LogP contribution >= 0.6 is 23.2 Å². The van der Waals surface area contributed by atoms with Crippen LogP contribution in [0.5, 0.6) is 0 Å². The highest BCUT2D eigenvalue weighted by atomic mass is 35.5. The molecule has 22 heavy (non-hydrogen) atoms. The number of likely N-dealkylation sites (N-methyl/N-ethyl adjacent to an activating group) is 1. The van der Waals surface area contributed by atoms with Gasteiger partial charge in [0.1, 0.15) is 11.4 Å². The number of aryl methyl sites for hydroxylation is 2. The van der Waals surface area contributed by atoms with Crippen molar-refractivity contribution < 1.29 is 14.1 Å². The van der Waals surface area contributed by atoms with E-state index in [2.05, 4.69) is 10.5 Å². The molecule has 1 aromatic heterocycles. The molecule has 1 aromatic carbocycles. The third-order valence-corrected chi connectivity index (χ3v) is 3.75. The van der Waals surface area contributed by atoms with E-state index in [4.69, 9.17) is 27.7 Å². The molecule has 2 amide bonds. The van der Waals surface area contributed by atoms with E-state index in [0.29, 0.717) is 27.9 Å². The molecule has 0 atom stereocenters. The summed E-state index contributed by atoms with van der Waals surface area (Å²) in [4.78, 5) is 25.4. The maximum absolute atomic E-state index is 12.2. The van der Waals surface area contributed by atoms with Crippen molar-refractivity contribution in [2.24, 2.45) is 0 Å². The number of benzene rings is 1. The minimum Gasteiger partial charge on any atom is -0.359 e. The SMILES string of the molecule is Cc1noc(C)c1N(C)C(=O)C(=O)Nc1ccc(Cl)c(Cl)c1. The van der Waals surface area contributed by atoms with Crippen LogP contribution in [-0.2, 0) is 9.59 Å². The molecule has 2 aromatic rings. The van der Waals surface area contributed by atoms with Crippen molar-refractivity contribution in [3.63, 3.8) is 0 Å². The van der Waals surface area contributed by atoms with Crippen LogP contribution in [0.4, 0.5) is 11.4 Å². The molecule has 0 unspecified atom stereocenters. The summed E-state index contributed by atoms with van der Waals surface area (Å²) in [6.45, 7) is 3.35. The second-order valence-electron chi connectivity index (χ2n) is 4.62. The Labute approximate surface area is 137 Å². The molecule has 0 saturated heterocycles. The Hall–Kier alpha value is -2.05. The van der Waals surface area contributed by atoms with Gasteiger partial charge in [0.25, 0.3) is 0 Å². The summed E-state index contributed by atoms with van der Waals surface area (Å²) < 4.78 is 4.99. The van der Waals surface area contributed by atoms with E-state index in [1.54, 1.807) is 19.9 Å². The highest BCUT2D eigenvalue weighted by Crippen LogP contribution is 2.26. The van der Waals surface area contributed by atoms with E-state index in [-0.39, 0.29) is 5.02 Å². The zero-order valence-corrected chi connectivity index (χ0v) is 13.6. The highest BCUT2D eigenvalue weighted by Gasteiger charge is 2.25. The molecule has 0 fully saturated rings. The highest BCUT2D eigenvalue weighted by molar-refractivity contribution is 6.45. The van der Waals surface area contributed by atoms with Gasteiger partial charge in [0.05, 0.1) is 10.0 Å². The van der Waals surface area contributed by atoms with Crippen LogP contribution in [0, 0.1) is 13.8 Å². The maximum atomic E-state index is 12.2. The predicted molar refractivity (Wildman–Crippen MR) is 84.5 cm³/mol. The lowest BCUT2D eigenvalue weighted by molar-refractivity contribution is -0.134. The predicted octanol–water partition coefficient (Wildman–Crippen LogP) is 3.20. The van der Waals surface area contributed by atoms with Crippen molar-refractivity contribution in [3.8, 4) is 0 Å². The summed E-state index contributed by atoms with van der Waals surface area (Å²) in [6, 6.07) is 4.54. The van der Waals surface area contributed by atoms with Gasteiger partial charge in [0.2, 0.25) is 0 Å². The van der Waals surface area contributed by atoms with Gasteiger partial charge in [-0.05, 0) is 32.0 Å². The molecule has 2 rings (SSSR count). The Morgan fingerprint density at radius 3 is 2.45 bits per heavy atom. The van der Waals surface area contributed by atoms with Gasteiger partial charge in [0, 0.05) is 12.7 Å². The molecule has 0 aliphatic carbocycles. The van der Waals surface area contributed by atoms with Crippen LogP contribution < -0.4 is 10.2 Å². The molecule has 0 aliphatic heterocycles. The zero-order chi connectivity index (χ0) is 16.4. The number of halogens is 2. The molecule has 0 spiro atoms. The molecule has 0 radical (unpaired) electrons. The fraction of sp³-hybridized carbons (Fsp3) is 0.214. The third-order valence-electron chi connectivity index (χ3n) is 3.01. The van der Waals surface area contributed by atoms with Crippen molar-refractivity contribution in [2.75, 3.05) is 17.3 Å². The summed E-state index contributed by atoms with van der Waals surface area (Å²) in [7, 11) is 1.48. The van der Waals surface area contributed by atoms with Gasteiger partial charge < -0.3 is 14.7 Å². The van der Waals surface area contributed by atoms with Gasteiger partial charge in [-0.25, -0.2) is 0 Å². The number of nitrogens with zero attached hydrogens (tertiary/aromatic N) is 2. The molecule has 6 nitrogen and oxygen atoms in total. The minimum atomic E-state index is -0.805. The van der Waals surface area contributed by atoms with E-state index in [0.717, 1.165) is 0 Å². The van der Waals surface area contributed by atoms with Gasteiger partial charge >= 0.3 is 11.8 Å². The largest absolute Gasteiger partial charge is 0.359 e. The Morgan fingerprint density at radius 1 is 1.23 bits per heavy atom. The van der Waals surface area contributed by atoms with Gasteiger partial charge in [-0.3, -0.25) is 9.59 Å². The molecular formula is C14H13Cl2N3O3. The van der Waals surface area contributed by atoms with Crippen LogP contribution in [0.2, 0.25) is 10.0 Å². The first kappa shape index (κ1) is 16.3. The Bertz CT molecular complexity index is 723. The zero-order valence-electron chi connectivity index (χ0n) is 12.1. The second-order valence-corrected chi connectivity index (χ2v) is 5.43. The van der Waals surface area contributed by atoms with Crippen LogP contribution in [-0.4, -0.2) is 24.0 Å². The van der Waals surface area contributed by atoms with E-state index in [9.17, 15) is 9.59 Å². The van der Waals surface area contributed by atoms with Crippen molar-refractivity contribution in [3.05, 3.63) is 39.7 Å². The number of carbonyl (C=O) groups excluding carboxylic acids is 2. The Balaban J connectivity index is 2.15. The fourth-order valence-electron chi connectivity index (χ4n) is 1.97. The normalized spacial score (nSPS) is 10.4. The average molecular weight is 342 g/mol. The van der Waals surface area contributed by atoms with Crippen molar-refractivity contribution in [1.82, 2.24) is 5.16 Å². The number of anilines is 2. The van der Waals surface area contributed by atoms with E-state index >= 15 is 0 Å². The lowest BCUT2D eigenvalue weighted by atomic mass is 10.2. The van der Waals surface area contributed by atoms with Crippen LogP contribution in [0.15, 0.2) is 22.7 Å². The minimum absolute atomic E-state index is 0.283. The summed E-state index contributed by atoms with van der Waals surface area (Å²) in [6.07, 6.45) is 0. The summed E-state index contributed by atoms with van der Waals surface area (Å²) in [5, 5.41) is 6.86. The average Bonchev–Trinajstić information content (AvgIpc) is 2.80. The fourth-order valence-corrected chi connectivity index (χ4v) is 2.27. The monoisotopic (exact) mass is 341 g/mol. The Kier molecular flexibility index (Phi) is 4.73. The number of hydrogen-bond acceptors (Lipinski definition) is 4. The number of carbonyl (C=O) groups is 2. The van der Waals surface area contributed by atoms with Gasteiger partial charge in [0.15, 0.2) is 5.76 Å². The topological polar surface area (TPSA) is 75.4 Å². The number of rotatable bonds is 2. The summed E-state index contributed by atoms with van der Waals surface area (Å²) >= 11 is 11.7. The van der Waals surface area contributed by atoms with Crippen LogP contribution in [0.1, 0.15) is 11.5 Å². The molecule has 1 heterocycles.